The molecule has 0 aliphatic heterocycles. The fourth-order valence-corrected chi connectivity index (χ4v) is 1.29. The highest BCUT2D eigenvalue weighted by Gasteiger charge is 2.27. The molecule has 0 heterocycles. The molecule has 0 amide bonds. The van der Waals surface area contributed by atoms with Crippen LogP contribution in [0.4, 0.5) is 17.6 Å². The maximum Gasteiger partial charge on any atom is 0.392 e. The molecule has 17 heavy (non-hydrogen) atoms. The summed E-state index contributed by atoms with van der Waals surface area (Å²) in [6.07, 6.45) is -5.37. The van der Waals surface area contributed by atoms with Crippen LogP contribution in [0.5, 0.6) is 5.75 Å². The first kappa shape index (κ1) is 13.8. The first-order chi connectivity index (χ1) is 7.79. The molecule has 96 valence electrons. The molecule has 1 aromatic rings. The molecule has 0 saturated heterocycles. The second kappa shape index (κ2) is 5.35. The molecule has 1 unspecified atom stereocenters. The molecule has 0 fully saturated rings. The summed E-state index contributed by atoms with van der Waals surface area (Å²) in [5.41, 5.74) is 6.08. The predicted molar refractivity (Wildman–Crippen MR) is 55.2 cm³/mol. The third kappa shape index (κ3) is 4.60. The quantitative estimate of drug-likeness (QED) is 0.834. The van der Waals surface area contributed by atoms with Crippen LogP contribution in [-0.4, -0.2) is 12.8 Å². The van der Waals surface area contributed by atoms with E-state index in [0.29, 0.717) is 5.56 Å². The highest BCUT2D eigenvalue weighted by atomic mass is 19.4. The van der Waals surface area contributed by atoms with E-state index in [0.717, 1.165) is 6.07 Å². The lowest BCUT2D eigenvalue weighted by atomic mass is 10.1. The minimum atomic E-state index is -4.29. The lowest BCUT2D eigenvalue weighted by Crippen LogP contribution is -2.14. The standard InChI is InChI=1S/C11H13F4NO/c1-7(16)9-3-2-8(12)6-10(9)17-5-4-11(13,14)15/h2-3,6-7H,4-5,16H2,1H3. The van der Waals surface area contributed by atoms with Crippen LogP contribution in [0.25, 0.3) is 0 Å². The summed E-state index contributed by atoms with van der Waals surface area (Å²) in [6, 6.07) is 3.20. The van der Waals surface area contributed by atoms with Gasteiger partial charge in [-0.2, -0.15) is 13.2 Å². The highest BCUT2D eigenvalue weighted by molar-refractivity contribution is 5.36. The van der Waals surface area contributed by atoms with E-state index in [4.69, 9.17) is 10.5 Å². The third-order valence-corrected chi connectivity index (χ3v) is 2.11. The summed E-state index contributed by atoms with van der Waals surface area (Å²) < 4.78 is 53.6. The topological polar surface area (TPSA) is 35.2 Å². The van der Waals surface area contributed by atoms with Gasteiger partial charge in [-0.05, 0) is 13.0 Å². The Morgan fingerprint density at radius 2 is 2.00 bits per heavy atom. The van der Waals surface area contributed by atoms with Gasteiger partial charge in [0.2, 0.25) is 0 Å². The van der Waals surface area contributed by atoms with Crippen molar-refractivity contribution in [1.29, 1.82) is 0 Å². The van der Waals surface area contributed by atoms with Crippen molar-refractivity contribution < 1.29 is 22.3 Å². The minimum Gasteiger partial charge on any atom is -0.493 e. The van der Waals surface area contributed by atoms with Crippen molar-refractivity contribution in [2.24, 2.45) is 5.73 Å². The SMILES string of the molecule is CC(N)c1ccc(F)cc1OCCC(F)(F)F. The van der Waals surface area contributed by atoms with Crippen molar-refractivity contribution in [2.45, 2.75) is 25.6 Å². The van der Waals surface area contributed by atoms with Crippen LogP contribution in [-0.2, 0) is 0 Å². The van der Waals surface area contributed by atoms with E-state index in [9.17, 15) is 17.6 Å². The summed E-state index contributed by atoms with van der Waals surface area (Å²) in [6.45, 7) is 1.09. The zero-order valence-corrected chi connectivity index (χ0v) is 9.22. The van der Waals surface area contributed by atoms with Crippen molar-refractivity contribution >= 4 is 0 Å². The Hall–Kier alpha value is -1.30. The molecule has 0 aromatic heterocycles. The number of rotatable bonds is 4. The molecule has 0 spiro atoms. The molecular formula is C11H13F4NO. The zero-order valence-electron chi connectivity index (χ0n) is 9.22. The van der Waals surface area contributed by atoms with Gasteiger partial charge in [-0.25, -0.2) is 4.39 Å². The van der Waals surface area contributed by atoms with Gasteiger partial charge >= 0.3 is 6.18 Å². The lowest BCUT2D eigenvalue weighted by molar-refractivity contribution is -0.139. The Balaban J connectivity index is 2.72. The summed E-state index contributed by atoms with van der Waals surface area (Å²) >= 11 is 0. The van der Waals surface area contributed by atoms with Crippen molar-refractivity contribution in [3.63, 3.8) is 0 Å². The Kier molecular flexibility index (Phi) is 4.34. The zero-order chi connectivity index (χ0) is 13.1. The van der Waals surface area contributed by atoms with Crippen molar-refractivity contribution in [1.82, 2.24) is 0 Å². The predicted octanol–water partition coefficient (Wildman–Crippen LogP) is 3.18. The average molecular weight is 251 g/mol. The van der Waals surface area contributed by atoms with E-state index < -0.39 is 31.1 Å². The van der Waals surface area contributed by atoms with E-state index in [1.165, 1.54) is 12.1 Å². The van der Waals surface area contributed by atoms with E-state index in [-0.39, 0.29) is 5.75 Å². The maximum atomic E-state index is 12.9. The van der Waals surface area contributed by atoms with Gasteiger partial charge in [0.05, 0.1) is 13.0 Å². The van der Waals surface area contributed by atoms with E-state index in [1.807, 2.05) is 0 Å². The summed E-state index contributed by atoms with van der Waals surface area (Å²) in [5.74, 6) is -0.513. The molecule has 0 radical (unpaired) electrons. The van der Waals surface area contributed by atoms with Gasteiger partial charge in [0, 0.05) is 17.7 Å². The number of halogens is 4. The van der Waals surface area contributed by atoms with Gasteiger partial charge in [-0.1, -0.05) is 6.07 Å². The summed E-state index contributed by atoms with van der Waals surface area (Å²) in [4.78, 5) is 0. The Morgan fingerprint density at radius 1 is 1.35 bits per heavy atom. The molecule has 0 aliphatic carbocycles. The largest absolute Gasteiger partial charge is 0.493 e. The molecule has 2 N–H and O–H groups in total. The Labute approximate surface area is 96.4 Å². The van der Waals surface area contributed by atoms with E-state index >= 15 is 0 Å². The maximum absolute atomic E-state index is 12.9. The average Bonchev–Trinajstić information content (AvgIpc) is 2.15. The second-order valence-electron chi connectivity index (χ2n) is 3.68. The van der Waals surface area contributed by atoms with Gasteiger partial charge in [0.15, 0.2) is 0 Å². The molecule has 0 saturated carbocycles. The van der Waals surface area contributed by atoms with Crippen LogP contribution >= 0.6 is 0 Å². The molecule has 6 heteroatoms. The van der Waals surface area contributed by atoms with Gasteiger partial charge in [-0.15, -0.1) is 0 Å². The Bertz CT molecular complexity index is 376. The van der Waals surface area contributed by atoms with E-state index in [1.54, 1.807) is 6.92 Å². The smallest absolute Gasteiger partial charge is 0.392 e. The highest BCUT2D eigenvalue weighted by Crippen LogP contribution is 2.26. The fraction of sp³-hybridized carbons (Fsp3) is 0.455. The molecule has 0 bridgehead atoms. The van der Waals surface area contributed by atoms with Crippen LogP contribution in [0.15, 0.2) is 18.2 Å². The number of nitrogens with two attached hydrogens (primary N) is 1. The van der Waals surface area contributed by atoms with Crippen molar-refractivity contribution in [3.8, 4) is 5.75 Å². The lowest BCUT2D eigenvalue weighted by Gasteiger charge is -2.14. The molecular weight excluding hydrogens is 238 g/mol. The van der Waals surface area contributed by atoms with Gasteiger partial charge < -0.3 is 10.5 Å². The molecule has 1 atom stereocenters. The first-order valence-electron chi connectivity index (χ1n) is 5.04. The van der Waals surface area contributed by atoms with Gasteiger partial charge in [-0.3, -0.25) is 0 Å². The number of alkyl halides is 3. The second-order valence-corrected chi connectivity index (χ2v) is 3.68. The van der Waals surface area contributed by atoms with Crippen LogP contribution in [0.1, 0.15) is 24.9 Å². The molecule has 1 aromatic carbocycles. The normalized spacial score (nSPS) is 13.5. The van der Waals surface area contributed by atoms with Gasteiger partial charge in [0.25, 0.3) is 0 Å². The number of ether oxygens (including phenoxy) is 1. The Morgan fingerprint density at radius 3 is 2.53 bits per heavy atom. The first-order valence-corrected chi connectivity index (χ1v) is 5.04. The van der Waals surface area contributed by atoms with Gasteiger partial charge in [0.1, 0.15) is 11.6 Å². The molecule has 0 aliphatic rings. The van der Waals surface area contributed by atoms with Crippen LogP contribution in [0.2, 0.25) is 0 Å². The minimum absolute atomic E-state index is 0.0595. The van der Waals surface area contributed by atoms with Crippen LogP contribution in [0, 0.1) is 5.82 Å². The summed E-state index contributed by atoms with van der Waals surface area (Å²) in [5, 5.41) is 0. The van der Waals surface area contributed by atoms with Crippen molar-refractivity contribution in [3.05, 3.63) is 29.6 Å². The number of benzene rings is 1. The molecule has 1 rings (SSSR count). The molecule has 2 nitrogen and oxygen atoms in total. The van der Waals surface area contributed by atoms with E-state index in [2.05, 4.69) is 0 Å². The van der Waals surface area contributed by atoms with Crippen LogP contribution < -0.4 is 10.5 Å². The summed E-state index contributed by atoms with van der Waals surface area (Å²) in [7, 11) is 0. The third-order valence-electron chi connectivity index (χ3n) is 2.11. The van der Waals surface area contributed by atoms with Crippen molar-refractivity contribution in [2.75, 3.05) is 6.61 Å². The number of hydrogen-bond donors (Lipinski definition) is 1. The fourth-order valence-electron chi connectivity index (χ4n) is 1.29. The number of hydrogen-bond acceptors (Lipinski definition) is 2. The monoisotopic (exact) mass is 251 g/mol. The van der Waals surface area contributed by atoms with Crippen LogP contribution in [0.3, 0.4) is 0 Å².